The highest BCUT2D eigenvalue weighted by Crippen LogP contribution is 2.42. The van der Waals surface area contributed by atoms with Crippen LogP contribution >= 0.6 is 11.9 Å². The van der Waals surface area contributed by atoms with Crippen molar-refractivity contribution in [2.75, 3.05) is 38.7 Å². The molecule has 0 spiro atoms. The van der Waals surface area contributed by atoms with Crippen LogP contribution < -0.4 is 36.2 Å². The molecule has 16 nitrogen and oxygen atoms in total. The first-order chi connectivity index (χ1) is 37.5. The Morgan fingerprint density at radius 3 is 1.97 bits per heavy atom. The number of benzene rings is 6. The van der Waals surface area contributed by atoms with Crippen LogP contribution in [0.4, 0.5) is 10.7 Å². The molecule has 2 aromatic heterocycles. The summed E-state index contributed by atoms with van der Waals surface area (Å²) in [6.45, 7) is 5.02. The summed E-state index contributed by atoms with van der Waals surface area (Å²) in [5.41, 5.74) is 6.06. The maximum absolute atomic E-state index is 14.0. The van der Waals surface area contributed by atoms with Crippen molar-refractivity contribution in [2.45, 2.75) is 56.3 Å². The summed E-state index contributed by atoms with van der Waals surface area (Å²) in [5.74, 6) is -0.129. The molecular weight excluding hydrogens is 993 g/mol. The van der Waals surface area contributed by atoms with Gasteiger partial charge in [-0.05, 0) is 95.4 Å². The number of imidazole rings is 1. The van der Waals surface area contributed by atoms with Crippen LogP contribution in [0, 0.1) is 13.8 Å². The molecule has 0 radical (unpaired) electrons. The van der Waals surface area contributed by atoms with Gasteiger partial charge in [-0.1, -0.05) is 127 Å². The van der Waals surface area contributed by atoms with E-state index >= 15 is 0 Å². The van der Waals surface area contributed by atoms with Crippen molar-refractivity contribution in [3.05, 3.63) is 225 Å². The monoisotopic (exact) mass is 1050 g/mol. The van der Waals surface area contributed by atoms with Crippen molar-refractivity contribution in [3.8, 4) is 5.75 Å². The van der Waals surface area contributed by atoms with E-state index in [0.717, 1.165) is 43.8 Å². The lowest BCUT2D eigenvalue weighted by Gasteiger charge is -2.38. The number of ether oxygens (including phenoxy) is 3. The molecular formula is C60H62N8O8S. The largest absolute Gasteiger partial charge is 0.494 e. The van der Waals surface area contributed by atoms with Gasteiger partial charge in [-0.2, -0.15) is 0 Å². The highest BCUT2D eigenvalue weighted by molar-refractivity contribution is 7.97. The highest BCUT2D eigenvalue weighted by atomic mass is 32.2. The Balaban J connectivity index is 0.845. The topological polar surface area (TPSA) is 196 Å². The van der Waals surface area contributed by atoms with Gasteiger partial charge in [-0.15, -0.1) is 0 Å². The molecule has 17 heteroatoms. The van der Waals surface area contributed by atoms with Crippen LogP contribution in [0.1, 0.15) is 62.1 Å². The first-order valence-electron chi connectivity index (χ1n) is 25.3. The second-order valence-electron chi connectivity index (χ2n) is 18.3. The van der Waals surface area contributed by atoms with E-state index in [-0.39, 0.29) is 44.1 Å². The SMILES string of the molecule is COC(=O)[C@H](CNC(=O)c1cn(C)c2cc(CNc3nccn3C(c3ccccc3)(c3ccccc3)c3ccccc3)ccc2c1=O)NSc1c(C)cc(OCCCC(=O)NCCNC(=O)OCc2ccccc2)cc1C. The van der Waals surface area contributed by atoms with Crippen LogP contribution in [-0.4, -0.2) is 77.4 Å². The highest BCUT2D eigenvalue weighted by Gasteiger charge is 2.39. The number of aromatic nitrogens is 3. The van der Waals surface area contributed by atoms with Gasteiger partial charge in [0.15, 0.2) is 0 Å². The summed E-state index contributed by atoms with van der Waals surface area (Å²) in [5, 5.41) is 12.1. The molecule has 6 aromatic carbocycles. The molecule has 0 unspecified atom stereocenters. The van der Waals surface area contributed by atoms with Crippen LogP contribution in [0.2, 0.25) is 0 Å². The van der Waals surface area contributed by atoms with E-state index in [1.165, 1.54) is 25.3 Å². The standard InChI is InChI=1S/C60H62N8O8S/c1-41-34-48(75-33-17-26-53(69)61-29-30-63-59(73)76-40-43-18-9-5-10-19-43)35-42(2)55(41)77-66-51(57(72)74-4)38-64-56(71)50-39-67(3)52-36-44(27-28-49(52)54(50)70)37-65-58-62-31-32-68(58)60(45-20-11-6-12-21-45,46-22-13-7-14-23-46)47-24-15-8-16-25-47/h5-16,18-25,27-28,31-32,34-36,39,51,66H,17,26,29-30,33,37-38,40H2,1-4H3,(H,61,69)(H,62,65)(H,63,73)(H,64,71)/t51-/m0/s1. The predicted molar refractivity (Wildman–Crippen MR) is 299 cm³/mol. The van der Waals surface area contributed by atoms with Crippen LogP contribution in [0.25, 0.3) is 10.9 Å². The maximum Gasteiger partial charge on any atom is 0.407 e. The molecule has 0 bridgehead atoms. The number of fused-ring (bicyclic) bond motifs is 1. The van der Waals surface area contributed by atoms with E-state index in [4.69, 9.17) is 19.2 Å². The molecule has 8 aromatic rings. The van der Waals surface area contributed by atoms with Crippen LogP contribution in [0.3, 0.4) is 0 Å². The number of hydrogen-bond acceptors (Lipinski definition) is 12. The number of alkyl carbamates (subject to hydrolysis) is 1. The van der Waals surface area contributed by atoms with E-state index in [1.807, 2.05) is 129 Å². The molecule has 0 aliphatic carbocycles. The fourth-order valence-electron chi connectivity index (χ4n) is 9.18. The molecule has 3 amide bonds. The van der Waals surface area contributed by atoms with Crippen molar-refractivity contribution in [3.63, 3.8) is 0 Å². The lowest BCUT2D eigenvalue weighted by atomic mass is 9.76. The Labute approximate surface area is 451 Å². The minimum absolute atomic E-state index is 0.0719. The minimum Gasteiger partial charge on any atom is -0.494 e. The predicted octanol–water partition coefficient (Wildman–Crippen LogP) is 8.57. The summed E-state index contributed by atoms with van der Waals surface area (Å²) in [6.07, 6.45) is 5.45. The summed E-state index contributed by atoms with van der Waals surface area (Å²) < 4.78 is 23.3. The van der Waals surface area contributed by atoms with Crippen molar-refractivity contribution in [2.24, 2.45) is 7.05 Å². The first kappa shape index (κ1) is 54.6. The van der Waals surface area contributed by atoms with Crippen molar-refractivity contribution < 1.29 is 33.4 Å². The molecule has 0 aliphatic heterocycles. The van der Waals surface area contributed by atoms with Crippen LogP contribution in [0.15, 0.2) is 180 Å². The molecule has 2 heterocycles. The second kappa shape index (κ2) is 26.2. The van der Waals surface area contributed by atoms with E-state index in [9.17, 15) is 24.0 Å². The molecule has 5 N–H and O–H groups in total. The Kier molecular flexibility index (Phi) is 18.6. The lowest BCUT2D eigenvalue weighted by molar-refractivity contribution is -0.142. The second-order valence-corrected chi connectivity index (χ2v) is 19.1. The Bertz CT molecular complexity index is 3240. The number of esters is 1. The van der Waals surface area contributed by atoms with Crippen LogP contribution in [0.5, 0.6) is 5.75 Å². The van der Waals surface area contributed by atoms with E-state index < -0.39 is 35.0 Å². The number of carbonyl (C=O) groups excluding carboxylic acids is 4. The molecule has 0 fully saturated rings. The van der Waals surface area contributed by atoms with Crippen LogP contribution in [-0.2, 0) is 44.8 Å². The van der Waals surface area contributed by atoms with Gasteiger partial charge < -0.3 is 40.0 Å². The maximum atomic E-state index is 14.0. The number of pyridine rings is 1. The third-order valence-electron chi connectivity index (χ3n) is 13.0. The van der Waals surface area contributed by atoms with Gasteiger partial charge >= 0.3 is 12.1 Å². The number of nitrogens with one attached hydrogen (secondary N) is 5. The fraction of sp³-hybridized carbons (Fsp3) is 0.233. The molecule has 8 rings (SSSR count). The van der Waals surface area contributed by atoms with E-state index in [0.29, 0.717) is 42.2 Å². The number of anilines is 1. The van der Waals surface area contributed by atoms with Gasteiger partial charge in [0.25, 0.3) is 5.91 Å². The van der Waals surface area contributed by atoms with Crippen molar-refractivity contribution in [1.29, 1.82) is 0 Å². The van der Waals surface area contributed by atoms with Gasteiger partial charge in [0.1, 0.15) is 29.5 Å². The van der Waals surface area contributed by atoms with Crippen molar-refractivity contribution in [1.82, 2.24) is 34.8 Å². The third kappa shape index (κ3) is 13.4. The summed E-state index contributed by atoms with van der Waals surface area (Å²) >= 11 is 1.22. The number of hydrogen-bond donors (Lipinski definition) is 5. The molecule has 396 valence electrons. The summed E-state index contributed by atoms with van der Waals surface area (Å²) in [4.78, 5) is 70.6. The first-order valence-corrected chi connectivity index (χ1v) is 26.1. The van der Waals surface area contributed by atoms with Gasteiger partial charge in [-0.3, -0.25) is 23.7 Å². The summed E-state index contributed by atoms with van der Waals surface area (Å²) in [7, 11) is 3.05. The van der Waals surface area contributed by atoms with Gasteiger partial charge in [0.2, 0.25) is 17.3 Å². The Morgan fingerprint density at radius 1 is 0.740 bits per heavy atom. The average molecular weight is 1060 g/mol. The smallest absolute Gasteiger partial charge is 0.407 e. The Hall–Kier alpha value is -8.67. The zero-order valence-electron chi connectivity index (χ0n) is 43.4. The molecule has 1 atom stereocenters. The van der Waals surface area contributed by atoms with Gasteiger partial charge in [0.05, 0.1) is 19.2 Å². The lowest BCUT2D eigenvalue weighted by Crippen LogP contribution is -2.45. The van der Waals surface area contributed by atoms with E-state index in [2.05, 4.69) is 67.0 Å². The van der Waals surface area contributed by atoms with Gasteiger partial charge in [0, 0.05) is 68.5 Å². The zero-order chi connectivity index (χ0) is 54.2. The third-order valence-corrected chi connectivity index (χ3v) is 14.2. The molecule has 77 heavy (non-hydrogen) atoms. The zero-order valence-corrected chi connectivity index (χ0v) is 44.2. The number of rotatable bonds is 24. The van der Waals surface area contributed by atoms with Crippen molar-refractivity contribution >= 4 is 52.7 Å². The number of methoxy groups -OCH3 is 1. The number of amides is 3. The minimum atomic E-state index is -0.965. The normalized spacial score (nSPS) is 11.6. The fourth-order valence-corrected chi connectivity index (χ4v) is 10.1. The molecule has 0 saturated carbocycles. The number of carbonyl (C=O) groups is 4. The van der Waals surface area contributed by atoms with E-state index in [1.54, 1.807) is 23.9 Å². The summed E-state index contributed by atoms with van der Waals surface area (Å²) in [6, 6.07) is 48.7. The van der Waals surface area contributed by atoms with Gasteiger partial charge in [-0.25, -0.2) is 14.5 Å². The quantitative estimate of drug-likeness (QED) is 0.0168. The average Bonchev–Trinajstić information content (AvgIpc) is 3.96. The number of aryl methyl sites for hydroxylation is 3. The Morgan fingerprint density at radius 2 is 1.35 bits per heavy atom. The molecule has 0 aliphatic rings. The number of nitrogens with zero attached hydrogens (tertiary/aromatic N) is 3. The molecule has 0 saturated heterocycles.